The molecular formula is C35H44N4O7. The van der Waals surface area contributed by atoms with Gasteiger partial charge in [0, 0.05) is 13.1 Å². The Morgan fingerprint density at radius 1 is 0.652 bits per heavy atom. The number of carbonyl (C=O) groups is 4. The molecule has 46 heavy (non-hydrogen) atoms. The lowest BCUT2D eigenvalue weighted by molar-refractivity contribution is -0.123. The maximum Gasteiger partial charge on any atom is 0.408 e. The van der Waals surface area contributed by atoms with Gasteiger partial charge in [0.15, 0.2) is 0 Å². The first-order chi connectivity index (χ1) is 22.1. The second-order valence-electron chi connectivity index (χ2n) is 11.7. The van der Waals surface area contributed by atoms with Crippen LogP contribution < -0.4 is 21.3 Å². The molecule has 0 fully saturated rings. The molecule has 0 aromatic heterocycles. The number of ether oxygens (including phenoxy) is 3. The van der Waals surface area contributed by atoms with Gasteiger partial charge in [-0.05, 0) is 56.7 Å². The number of rotatable bonds is 15. The molecule has 2 atom stereocenters. The Labute approximate surface area is 270 Å². The summed E-state index contributed by atoms with van der Waals surface area (Å²) < 4.78 is 16.0. The molecule has 3 rings (SSSR count). The zero-order valence-corrected chi connectivity index (χ0v) is 26.6. The smallest absolute Gasteiger partial charge is 0.408 e. The number of hydrogen-bond acceptors (Lipinski definition) is 7. The monoisotopic (exact) mass is 632 g/mol. The lowest BCUT2D eigenvalue weighted by Gasteiger charge is -2.24. The van der Waals surface area contributed by atoms with Crippen molar-refractivity contribution in [2.45, 2.75) is 70.9 Å². The van der Waals surface area contributed by atoms with E-state index in [1.165, 1.54) is 0 Å². The number of hydrogen-bond donors (Lipinski definition) is 4. The SMILES string of the molecule is CC(C)(C)OC(=O)N[C@H](CCCNC(=O)OCc1ccccc1)C(=O)NC[C@H](Cc1ccccc1)NC(=O)OCc1ccccc1. The van der Waals surface area contributed by atoms with E-state index in [1.807, 2.05) is 91.0 Å². The van der Waals surface area contributed by atoms with E-state index >= 15 is 0 Å². The van der Waals surface area contributed by atoms with E-state index < -0.39 is 41.9 Å². The average Bonchev–Trinajstić information content (AvgIpc) is 3.03. The molecule has 11 nitrogen and oxygen atoms in total. The summed E-state index contributed by atoms with van der Waals surface area (Å²) in [6.07, 6.45) is -0.940. The van der Waals surface area contributed by atoms with E-state index in [2.05, 4.69) is 21.3 Å². The predicted octanol–water partition coefficient (Wildman–Crippen LogP) is 5.24. The first-order valence-electron chi connectivity index (χ1n) is 15.3. The van der Waals surface area contributed by atoms with Crippen molar-refractivity contribution in [3.05, 3.63) is 108 Å². The third-order valence-electron chi connectivity index (χ3n) is 6.54. The third kappa shape index (κ3) is 14.6. The largest absolute Gasteiger partial charge is 0.445 e. The van der Waals surface area contributed by atoms with E-state index in [0.717, 1.165) is 16.7 Å². The summed E-state index contributed by atoms with van der Waals surface area (Å²) in [4.78, 5) is 50.7. The molecule has 0 saturated carbocycles. The van der Waals surface area contributed by atoms with Gasteiger partial charge in [-0.1, -0.05) is 91.0 Å². The molecule has 0 saturated heterocycles. The van der Waals surface area contributed by atoms with Crippen LogP contribution >= 0.6 is 0 Å². The van der Waals surface area contributed by atoms with Gasteiger partial charge >= 0.3 is 18.3 Å². The molecule has 246 valence electrons. The fraction of sp³-hybridized carbons (Fsp3) is 0.371. The Hall–Kier alpha value is -5.06. The predicted molar refractivity (Wildman–Crippen MR) is 174 cm³/mol. The van der Waals surface area contributed by atoms with E-state index in [1.54, 1.807) is 20.8 Å². The second kappa shape index (κ2) is 18.7. The van der Waals surface area contributed by atoms with Crippen molar-refractivity contribution < 1.29 is 33.4 Å². The summed E-state index contributed by atoms with van der Waals surface area (Å²) in [6.45, 7) is 5.71. The molecule has 0 aliphatic heterocycles. The number of carbonyl (C=O) groups excluding carboxylic acids is 4. The van der Waals surface area contributed by atoms with E-state index in [4.69, 9.17) is 14.2 Å². The van der Waals surface area contributed by atoms with Crippen LogP contribution in [0.25, 0.3) is 0 Å². The zero-order valence-electron chi connectivity index (χ0n) is 26.6. The van der Waals surface area contributed by atoms with Gasteiger partial charge in [-0.15, -0.1) is 0 Å². The molecule has 3 aromatic carbocycles. The minimum absolute atomic E-state index is 0.0741. The van der Waals surface area contributed by atoms with Crippen LogP contribution in [0.2, 0.25) is 0 Å². The van der Waals surface area contributed by atoms with Gasteiger partial charge in [0.25, 0.3) is 0 Å². The van der Waals surface area contributed by atoms with Crippen molar-refractivity contribution in [1.29, 1.82) is 0 Å². The highest BCUT2D eigenvalue weighted by molar-refractivity contribution is 5.85. The Morgan fingerprint density at radius 3 is 1.72 bits per heavy atom. The second-order valence-corrected chi connectivity index (χ2v) is 11.7. The lowest BCUT2D eigenvalue weighted by Crippen LogP contribution is -2.52. The number of benzene rings is 3. The van der Waals surface area contributed by atoms with Gasteiger partial charge in [0.05, 0.1) is 6.04 Å². The van der Waals surface area contributed by atoms with Crippen molar-refractivity contribution in [1.82, 2.24) is 21.3 Å². The van der Waals surface area contributed by atoms with Gasteiger partial charge in [0.1, 0.15) is 24.9 Å². The normalized spacial score (nSPS) is 12.2. The van der Waals surface area contributed by atoms with Crippen LogP contribution in [0.1, 0.15) is 50.3 Å². The molecular weight excluding hydrogens is 588 g/mol. The van der Waals surface area contributed by atoms with Crippen LogP contribution in [-0.4, -0.2) is 55.0 Å². The number of alkyl carbamates (subject to hydrolysis) is 3. The molecule has 0 heterocycles. The quantitative estimate of drug-likeness (QED) is 0.133. The fourth-order valence-electron chi connectivity index (χ4n) is 4.34. The summed E-state index contributed by atoms with van der Waals surface area (Å²) in [5.74, 6) is -0.463. The number of amides is 4. The van der Waals surface area contributed by atoms with Crippen molar-refractivity contribution in [3.8, 4) is 0 Å². The van der Waals surface area contributed by atoms with Crippen molar-refractivity contribution >= 4 is 24.2 Å². The Bertz CT molecular complexity index is 1370. The first kappa shape index (κ1) is 35.4. The van der Waals surface area contributed by atoms with Gasteiger partial charge in [-0.2, -0.15) is 0 Å². The summed E-state index contributed by atoms with van der Waals surface area (Å²) in [5.41, 5.74) is 1.90. The standard InChI is InChI=1S/C35H44N4O7/c1-35(2,3)46-34(43)39-30(20-13-21-36-32(41)44-24-27-16-9-5-10-17-27)31(40)37-23-29(22-26-14-7-4-8-15-26)38-33(42)45-25-28-18-11-6-12-19-28/h4-12,14-19,29-30H,13,20-25H2,1-3H3,(H,36,41)(H,37,40)(H,38,42)(H,39,43)/t29-,30+/m0/s1. The van der Waals surface area contributed by atoms with E-state index in [0.29, 0.717) is 12.8 Å². The molecule has 0 bridgehead atoms. The van der Waals surface area contributed by atoms with Crippen LogP contribution in [0.5, 0.6) is 0 Å². The molecule has 4 N–H and O–H groups in total. The minimum atomic E-state index is -0.959. The topological polar surface area (TPSA) is 144 Å². The highest BCUT2D eigenvalue weighted by Crippen LogP contribution is 2.09. The van der Waals surface area contributed by atoms with Crippen LogP contribution in [0.15, 0.2) is 91.0 Å². The van der Waals surface area contributed by atoms with Gasteiger partial charge < -0.3 is 35.5 Å². The van der Waals surface area contributed by atoms with E-state index in [9.17, 15) is 19.2 Å². The summed E-state index contributed by atoms with van der Waals surface area (Å²) >= 11 is 0. The first-order valence-corrected chi connectivity index (χ1v) is 15.3. The zero-order chi connectivity index (χ0) is 33.2. The molecule has 0 radical (unpaired) electrons. The third-order valence-corrected chi connectivity index (χ3v) is 6.54. The summed E-state index contributed by atoms with van der Waals surface area (Å²) in [6, 6.07) is 26.7. The van der Waals surface area contributed by atoms with Crippen LogP contribution in [0, 0.1) is 0 Å². The van der Waals surface area contributed by atoms with Crippen LogP contribution in [0.3, 0.4) is 0 Å². The van der Waals surface area contributed by atoms with Crippen molar-refractivity contribution in [2.24, 2.45) is 0 Å². The van der Waals surface area contributed by atoms with Crippen LogP contribution in [-0.2, 0) is 38.6 Å². The molecule has 0 spiro atoms. The minimum Gasteiger partial charge on any atom is -0.445 e. The maximum absolute atomic E-state index is 13.3. The van der Waals surface area contributed by atoms with Crippen molar-refractivity contribution in [3.63, 3.8) is 0 Å². The van der Waals surface area contributed by atoms with Gasteiger partial charge in [-0.25, -0.2) is 14.4 Å². The highest BCUT2D eigenvalue weighted by Gasteiger charge is 2.25. The molecule has 11 heteroatoms. The fourth-order valence-corrected chi connectivity index (χ4v) is 4.34. The summed E-state index contributed by atoms with van der Waals surface area (Å²) in [5, 5.41) is 11.0. The summed E-state index contributed by atoms with van der Waals surface area (Å²) in [7, 11) is 0. The molecule has 0 aliphatic rings. The Kier molecular flexibility index (Phi) is 14.4. The average molecular weight is 633 g/mol. The molecule has 4 amide bonds. The molecule has 0 unspecified atom stereocenters. The van der Waals surface area contributed by atoms with Gasteiger partial charge in [0.2, 0.25) is 5.91 Å². The molecule has 3 aromatic rings. The van der Waals surface area contributed by atoms with Gasteiger partial charge in [-0.3, -0.25) is 4.79 Å². The lowest BCUT2D eigenvalue weighted by atomic mass is 10.1. The Morgan fingerprint density at radius 2 is 1.17 bits per heavy atom. The van der Waals surface area contributed by atoms with Crippen LogP contribution in [0.4, 0.5) is 14.4 Å². The maximum atomic E-state index is 13.3. The molecule has 0 aliphatic carbocycles. The Balaban J connectivity index is 1.56. The number of nitrogens with one attached hydrogen (secondary N) is 4. The highest BCUT2D eigenvalue weighted by atomic mass is 16.6. The van der Waals surface area contributed by atoms with E-state index in [-0.39, 0.29) is 32.7 Å². The van der Waals surface area contributed by atoms with Crippen molar-refractivity contribution in [2.75, 3.05) is 13.1 Å².